The molecule has 3 amide bonds. The number of amides is 3. The van der Waals surface area contributed by atoms with Crippen molar-refractivity contribution in [1.29, 1.82) is 0 Å². The highest BCUT2D eigenvalue weighted by molar-refractivity contribution is 6.31. The zero-order valence-corrected chi connectivity index (χ0v) is 18.5. The number of esters is 1. The van der Waals surface area contributed by atoms with E-state index in [9.17, 15) is 24.3 Å². The van der Waals surface area contributed by atoms with Gasteiger partial charge in [0.25, 0.3) is 5.91 Å². The number of carboxylic acids is 1. The molecular weight excluding hydrogens is 460 g/mol. The number of hydrogen-bond donors (Lipinski definition) is 2. The molecule has 33 heavy (non-hydrogen) atoms. The fourth-order valence-electron chi connectivity index (χ4n) is 2.90. The fraction of sp³-hybridized carbons (Fsp3) is 0.238. The van der Waals surface area contributed by atoms with Crippen LogP contribution in [0.15, 0.2) is 34.4 Å². The number of rotatable bonds is 8. The summed E-state index contributed by atoms with van der Waals surface area (Å²) in [5.41, 5.74) is 0.0980. The minimum Gasteiger partial charge on any atom is -0.493 e. The van der Waals surface area contributed by atoms with Gasteiger partial charge in [-0.3, -0.25) is 9.69 Å². The fourth-order valence-corrected chi connectivity index (χ4v) is 3.12. The first kappa shape index (κ1) is 23.7. The van der Waals surface area contributed by atoms with Crippen LogP contribution < -0.4 is 14.8 Å². The summed E-state index contributed by atoms with van der Waals surface area (Å²) in [7, 11) is 2.54. The Balaban J connectivity index is 1.91. The van der Waals surface area contributed by atoms with Crippen LogP contribution in [0.1, 0.15) is 28.8 Å². The number of carbonyl (C=O) groups excluding carboxylic acids is 3. The topological polar surface area (TPSA) is 145 Å². The van der Waals surface area contributed by atoms with Gasteiger partial charge in [-0.05, 0) is 31.2 Å². The number of halogens is 1. The van der Waals surface area contributed by atoms with Crippen molar-refractivity contribution in [2.75, 3.05) is 14.2 Å². The molecule has 0 radical (unpaired) electrons. The van der Waals surface area contributed by atoms with Gasteiger partial charge in [-0.25, -0.2) is 14.4 Å². The molecule has 0 spiro atoms. The predicted molar refractivity (Wildman–Crippen MR) is 113 cm³/mol. The van der Waals surface area contributed by atoms with Crippen LogP contribution in [0.3, 0.4) is 0 Å². The largest absolute Gasteiger partial charge is 0.493 e. The summed E-state index contributed by atoms with van der Waals surface area (Å²) in [4.78, 5) is 48.9. The first-order valence-corrected chi connectivity index (χ1v) is 9.81. The Morgan fingerprint density at radius 2 is 2.00 bits per heavy atom. The number of ether oxygens (including phenoxy) is 3. The lowest BCUT2D eigenvalue weighted by atomic mass is 10.1. The molecular formula is C21H19ClN2O9. The van der Waals surface area contributed by atoms with E-state index in [4.69, 9.17) is 25.5 Å². The minimum atomic E-state index is -1.23. The van der Waals surface area contributed by atoms with E-state index in [-0.39, 0.29) is 45.8 Å². The molecule has 12 heteroatoms. The second kappa shape index (κ2) is 9.65. The first-order valence-electron chi connectivity index (χ1n) is 9.43. The Hall–Kier alpha value is -3.99. The van der Waals surface area contributed by atoms with E-state index in [0.717, 1.165) is 4.90 Å². The second-order valence-corrected chi connectivity index (χ2v) is 7.20. The molecule has 1 unspecified atom stereocenters. The molecule has 0 saturated carbocycles. The molecule has 1 aliphatic rings. The molecule has 1 aromatic carbocycles. The number of carbonyl (C=O) groups is 4. The van der Waals surface area contributed by atoms with Gasteiger partial charge in [0.2, 0.25) is 5.76 Å². The van der Waals surface area contributed by atoms with Crippen LogP contribution in [0.5, 0.6) is 11.5 Å². The maximum Gasteiger partial charge on any atom is 0.373 e. The monoisotopic (exact) mass is 478 g/mol. The number of nitrogens with zero attached hydrogens (tertiary/aromatic N) is 1. The van der Waals surface area contributed by atoms with Crippen molar-refractivity contribution in [2.45, 2.75) is 19.6 Å². The molecule has 1 saturated heterocycles. The normalized spacial score (nSPS) is 15.4. The number of imide groups is 1. The van der Waals surface area contributed by atoms with E-state index in [1.165, 1.54) is 51.5 Å². The summed E-state index contributed by atoms with van der Waals surface area (Å²) >= 11 is 6.11. The number of hydrogen-bond acceptors (Lipinski definition) is 8. The standard InChI is InChI=1S/C21H19ClN2O9/c1-10(19(26)27)32-17-11(6-12(22)8-16(17)30-2)7-14-18(25)24(21(29)23-14)9-13-4-5-15(33-13)20(28)31-3/h4-8,10H,9H2,1-3H3,(H,23,29)(H,26,27). The van der Waals surface area contributed by atoms with Crippen LogP contribution in [-0.4, -0.2) is 54.2 Å². The number of furan rings is 1. The Labute approximate surface area is 192 Å². The maximum atomic E-state index is 12.8. The molecule has 11 nitrogen and oxygen atoms in total. The van der Waals surface area contributed by atoms with Crippen molar-refractivity contribution in [2.24, 2.45) is 0 Å². The summed E-state index contributed by atoms with van der Waals surface area (Å²) in [6.07, 6.45) is 0.0612. The molecule has 1 fully saturated rings. The molecule has 174 valence electrons. The van der Waals surface area contributed by atoms with Crippen LogP contribution in [0.4, 0.5) is 4.79 Å². The van der Waals surface area contributed by atoms with Crippen molar-refractivity contribution in [3.8, 4) is 11.5 Å². The van der Waals surface area contributed by atoms with E-state index in [1.807, 2.05) is 0 Å². The number of urea groups is 1. The number of aliphatic carboxylic acids is 1. The van der Waals surface area contributed by atoms with E-state index in [1.54, 1.807) is 0 Å². The smallest absolute Gasteiger partial charge is 0.373 e. The molecule has 1 atom stereocenters. The van der Waals surface area contributed by atoms with Crippen LogP contribution in [0, 0.1) is 0 Å². The average molecular weight is 479 g/mol. The van der Waals surface area contributed by atoms with E-state index < -0.39 is 30.0 Å². The number of nitrogens with one attached hydrogen (secondary N) is 1. The third-order valence-corrected chi connectivity index (χ3v) is 4.75. The zero-order chi connectivity index (χ0) is 24.3. The number of benzene rings is 1. The summed E-state index contributed by atoms with van der Waals surface area (Å²) in [5.74, 6) is -2.32. The van der Waals surface area contributed by atoms with Gasteiger partial charge in [-0.2, -0.15) is 0 Å². The lowest BCUT2D eigenvalue weighted by molar-refractivity contribution is -0.144. The predicted octanol–water partition coefficient (Wildman–Crippen LogP) is 2.67. The van der Waals surface area contributed by atoms with Crippen molar-refractivity contribution >= 4 is 41.6 Å². The minimum absolute atomic E-state index is 0.0264. The van der Waals surface area contributed by atoms with Gasteiger partial charge in [0, 0.05) is 16.7 Å². The van der Waals surface area contributed by atoms with E-state index >= 15 is 0 Å². The third-order valence-electron chi connectivity index (χ3n) is 4.53. The summed E-state index contributed by atoms with van der Waals surface area (Å²) in [6.45, 7) is 1.08. The van der Waals surface area contributed by atoms with Crippen LogP contribution in [0.2, 0.25) is 5.02 Å². The highest BCUT2D eigenvalue weighted by Gasteiger charge is 2.35. The van der Waals surface area contributed by atoms with Crippen LogP contribution in [0.25, 0.3) is 6.08 Å². The van der Waals surface area contributed by atoms with Crippen molar-refractivity contribution < 1.29 is 42.9 Å². The van der Waals surface area contributed by atoms with E-state index in [2.05, 4.69) is 10.1 Å². The quantitative estimate of drug-likeness (QED) is 0.332. The van der Waals surface area contributed by atoms with Crippen molar-refractivity contribution in [1.82, 2.24) is 10.2 Å². The Morgan fingerprint density at radius 3 is 2.64 bits per heavy atom. The SMILES string of the molecule is COC(=O)c1ccc(CN2C(=O)NC(=Cc3cc(Cl)cc(OC)c3OC(C)C(=O)O)C2=O)o1. The maximum absolute atomic E-state index is 12.8. The van der Waals surface area contributed by atoms with Gasteiger partial charge in [0.1, 0.15) is 11.5 Å². The van der Waals surface area contributed by atoms with Crippen LogP contribution in [-0.2, 0) is 20.9 Å². The molecule has 2 aromatic rings. The molecule has 2 heterocycles. The number of methoxy groups -OCH3 is 2. The van der Waals surface area contributed by atoms with Gasteiger partial charge >= 0.3 is 18.0 Å². The van der Waals surface area contributed by atoms with Gasteiger partial charge in [-0.1, -0.05) is 11.6 Å². The summed E-state index contributed by atoms with van der Waals surface area (Å²) in [5, 5.41) is 11.8. The highest BCUT2D eigenvalue weighted by atomic mass is 35.5. The molecule has 1 aromatic heterocycles. The molecule has 0 aliphatic carbocycles. The van der Waals surface area contributed by atoms with Crippen molar-refractivity contribution in [3.63, 3.8) is 0 Å². The third kappa shape index (κ3) is 5.09. The van der Waals surface area contributed by atoms with Crippen LogP contribution >= 0.6 is 11.6 Å². The first-order chi connectivity index (χ1) is 15.6. The van der Waals surface area contributed by atoms with Gasteiger partial charge in [-0.15, -0.1) is 0 Å². The summed E-state index contributed by atoms with van der Waals surface area (Å²) in [6, 6.07) is 4.93. The van der Waals surface area contributed by atoms with Gasteiger partial charge in [0.05, 0.1) is 20.8 Å². The Bertz CT molecular complexity index is 1150. The van der Waals surface area contributed by atoms with Gasteiger partial charge < -0.3 is 29.1 Å². The molecule has 1 aliphatic heterocycles. The van der Waals surface area contributed by atoms with Gasteiger partial charge in [0.15, 0.2) is 17.6 Å². The summed E-state index contributed by atoms with van der Waals surface area (Å²) < 4.78 is 20.6. The highest BCUT2D eigenvalue weighted by Crippen LogP contribution is 2.37. The zero-order valence-electron chi connectivity index (χ0n) is 17.7. The Kier molecular flexibility index (Phi) is 6.92. The number of carboxylic acid groups (broad SMARTS) is 1. The second-order valence-electron chi connectivity index (χ2n) is 6.76. The molecule has 3 rings (SSSR count). The van der Waals surface area contributed by atoms with E-state index in [0.29, 0.717) is 0 Å². The van der Waals surface area contributed by atoms with Crippen molar-refractivity contribution in [3.05, 3.63) is 52.1 Å². The average Bonchev–Trinajstić information content (AvgIpc) is 3.35. The lowest BCUT2D eigenvalue weighted by Crippen LogP contribution is -2.30. The molecule has 0 bridgehead atoms. The Morgan fingerprint density at radius 1 is 1.27 bits per heavy atom. The lowest BCUT2D eigenvalue weighted by Gasteiger charge is -2.17. The molecule has 2 N–H and O–H groups in total.